The summed E-state index contributed by atoms with van der Waals surface area (Å²) < 4.78 is 25.9. The van der Waals surface area contributed by atoms with Gasteiger partial charge >= 0.3 is 0 Å². The van der Waals surface area contributed by atoms with E-state index in [9.17, 15) is 8.42 Å². The Morgan fingerprint density at radius 2 is 2.06 bits per heavy atom. The standard InChI is InChI=1S/C11H19N3O3S/c1-13-18(16,17)11-8-9(12)4-5-10(11)14-6-2-3-7-15/h4-5,8,13-15H,2-3,6-7,12H2,1H3. The zero-order valence-electron chi connectivity index (χ0n) is 10.3. The Bertz CT molecular complexity index is 488. The monoisotopic (exact) mass is 273 g/mol. The molecule has 0 atom stereocenters. The van der Waals surface area contributed by atoms with Crippen molar-refractivity contribution < 1.29 is 13.5 Å². The van der Waals surface area contributed by atoms with Gasteiger partial charge < -0.3 is 16.2 Å². The molecular weight excluding hydrogens is 254 g/mol. The predicted octanol–water partition coefficient (Wildman–Crippen LogP) is 0.361. The van der Waals surface area contributed by atoms with Crippen molar-refractivity contribution in [1.82, 2.24) is 4.72 Å². The number of anilines is 2. The first-order valence-corrected chi connectivity index (χ1v) is 7.17. The van der Waals surface area contributed by atoms with Gasteiger partial charge in [-0.2, -0.15) is 0 Å². The summed E-state index contributed by atoms with van der Waals surface area (Å²) in [6.45, 7) is 0.724. The molecule has 0 aliphatic heterocycles. The maximum Gasteiger partial charge on any atom is 0.242 e. The fraction of sp³-hybridized carbons (Fsp3) is 0.455. The zero-order chi connectivity index (χ0) is 13.6. The van der Waals surface area contributed by atoms with Gasteiger partial charge in [0, 0.05) is 18.8 Å². The molecular formula is C11H19N3O3S. The Morgan fingerprint density at radius 1 is 1.33 bits per heavy atom. The van der Waals surface area contributed by atoms with Gasteiger partial charge in [-0.15, -0.1) is 0 Å². The van der Waals surface area contributed by atoms with Crippen molar-refractivity contribution >= 4 is 21.4 Å². The summed E-state index contributed by atoms with van der Waals surface area (Å²) in [6, 6.07) is 4.70. The van der Waals surface area contributed by atoms with Crippen molar-refractivity contribution in [2.75, 3.05) is 31.2 Å². The lowest BCUT2D eigenvalue weighted by molar-refractivity contribution is 0.286. The molecule has 0 saturated carbocycles. The van der Waals surface area contributed by atoms with E-state index >= 15 is 0 Å². The smallest absolute Gasteiger partial charge is 0.242 e. The summed E-state index contributed by atoms with van der Waals surface area (Å²) in [5, 5.41) is 11.7. The van der Waals surface area contributed by atoms with E-state index in [0.717, 1.165) is 6.42 Å². The van der Waals surface area contributed by atoms with Crippen LogP contribution in [0.15, 0.2) is 23.1 Å². The average Bonchev–Trinajstić information content (AvgIpc) is 2.36. The number of unbranched alkanes of at least 4 members (excludes halogenated alkanes) is 1. The molecule has 0 spiro atoms. The van der Waals surface area contributed by atoms with E-state index in [4.69, 9.17) is 10.8 Å². The molecule has 0 amide bonds. The van der Waals surface area contributed by atoms with Crippen LogP contribution in [0.5, 0.6) is 0 Å². The van der Waals surface area contributed by atoms with Crippen LogP contribution in [-0.4, -0.2) is 33.7 Å². The molecule has 6 nitrogen and oxygen atoms in total. The van der Waals surface area contributed by atoms with Crippen molar-refractivity contribution in [2.45, 2.75) is 17.7 Å². The van der Waals surface area contributed by atoms with Gasteiger partial charge in [0.2, 0.25) is 10.0 Å². The third kappa shape index (κ3) is 3.86. The van der Waals surface area contributed by atoms with Crippen LogP contribution in [0.25, 0.3) is 0 Å². The molecule has 18 heavy (non-hydrogen) atoms. The first-order chi connectivity index (χ1) is 8.51. The van der Waals surface area contributed by atoms with Crippen molar-refractivity contribution in [2.24, 2.45) is 0 Å². The summed E-state index contributed by atoms with van der Waals surface area (Å²) in [4.78, 5) is 0.133. The molecule has 1 rings (SSSR count). The molecule has 0 fully saturated rings. The van der Waals surface area contributed by atoms with Crippen molar-refractivity contribution in [3.63, 3.8) is 0 Å². The van der Waals surface area contributed by atoms with Gasteiger partial charge in [0.25, 0.3) is 0 Å². The quantitative estimate of drug-likeness (QED) is 0.424. The number of nitrogen functional groups attached to an aromatic ring is 1. The summed E-state index contributed by atoms with van der Waals surface area (Å²) >= 11 is 0. The van der Waals surface area contributed by atoms with E-state index in [0.29, 0.717) is 24.3 Å². The molecule has 0 aliphatic rings. The van der Waals surface area contributed by atoms with Crippen molar-refractivity contribution in [3.05, 3.63) is 18.2 Å². The third-order valence-corrected chi connectivity index (χ3v) is 3.92. The number of rotatable bonds is 7. The van der Waals surface area contributed by atoms with Gasteiger partial charge in [-0.3, -0.25) is 0 Å². The van der Waals surface area contributed by atoms with Crippen LogP contribution in [0.3, 0.4) is 0 Å². The van der Waals surface area contributed by atoms with E-state index in [1.54, 1.807) is 12.1 Å². The minimum Gasteiger partial charge on any atom is -0.399 e. The number of nitrogens with two attached hydrogens (primary N) is 1. The molecule has 0 saturated heterocycles. The lowest BCUT2D eigenvalue weighted by atomic mass is 10.2. The van der Waals surface area contributed by atoms with Crippen LogP contribution in [0.4, 0.5) is 11.4 Å². The second-order valence-electron chi connectivity index (χ2n) is 3.82. The number of benzene rings is 1. The van der Waals surface area contributed by atoms with Crippen LogP contribution in [0.1, 0.15) is 12.8 Å². The summed E-state index contributed by atoms with van der Waals surface area (Å²) in [7, 11) is -2.18. The number of aliphatic hydroxyl groups excluding tert-OH is 1. The molecule has 7 heteroatoms. The van der Waals surface area contributed by atoms with E-state index in [-0.39, 0.29) is 11.5 Å². The van der Waals surface area contributed by atoms with Crippen LogP contribution >= 0.6 is 0 Å². The number of nitrogens with one attached hydrogen (secondary N) is 2. The lowest BCUT2D eigenvalue weighted by Gasteiger charge is -2.12. The molecule has 1 aromatic rings. The molecule has 0 aromatic heterocycles. The molecule has 0 radical (unpaired) electrons. The van der Waals surface area contributed by atoms with Gasteiger partial charge in [0.1, 0.15) is 4.90 Å². The fourth-order valence-electron chi connectivity index (χ4n) is 1.48. The summed E-state index contributed by atoms with van der Waals surface area (Å²) in [5.41, 5.74) is 6.51. The topological polar surface area (TPSA) is 104 Å². The van der Waals surface area contributed by atoms with Crippen LogP contribution in [-0.2, 0) is 10.0 Å². The molecule has 0 aliphatic carbocycles. The highest BCUT2D eigenvalue weighted by atomic mass is 32.2. The third-order valence-electron chi connectivity index (χ3n) is 2.46. The summed E-state index contributed by atoms with van der Waals surface area (Å²) in [5.74, 6) is 0. The maximum absolute atomic E-state index is 11.8. The first-order valence-electron chi connectivity index (χ1n) is 5.69. The normalized spacial score (nSPS) is 11.4. The highest BCUT2D eigenvalue weighted by molar-refractivity contribution is 7.89. The van der Waals surface area contributed by atoms with Gasteiger partial charge in [-0.1, -0.05) is 0 Å². The van der Waals surface area contributed by atoms with Crippen LogP contribution in [0.2, 0.25) is 0 Å². The number of aliphatic hydroxyl groups is 1. The highest BCUT2D eigenvalue weighted by Crippen LogP contribution is 2.23. The number of hydrogen-bond donors (Lipinski definition) is 4. The number of sulfonamides is 1. The Kier molecular flexibility index (Phi) is 5.39. The van der Waals surface area contributed by atoms with Gasteiger partial charge in [0.15, 0.2) is 0 Å². The Balaban J connectivity index is 2.91. The minimum absolute atomic E-state index is 0.130. The zero-order valence-corrected chi connectivity index (χ0v) is 11.1. The Labute approximate surface area is 107 Å². The van der Waals surface area contributed by atoms with E-state index in [1.165, 1.54) is 13.1 Å². The lowest BCUT2D eigenvalue weighted by Crippen LogP contribution is -2.20. The van der Waals surface area contributed by atoms with Crippen LogP contribution in [0, 0.1) is 0 Å². The molecule has 0 heterocycles. The average molecular weight is 273 g/mol. The summed E-state index contributed by atoms with van der Waals surface area (Å²) in [6.07, 6.45) is 1.44. The second kappa shape index (κ2) is 6.58. The Morgan fingerprint density at radius 3 is 2.67 bits per heavy atom. The molecule has 5 N–H and O–H groups in total. The molecule has 102 valence electrons. The van der Waals surface area contributed by atoms with Gasteiger partial charge in [0.05, 0.1) is 5.69 Å². The number of hydrogen-bond acceptors (Lipinski definition) is 5. The van der Waals surface area contributed by atoms with Gasteiger partial charge in [-0.05, 0) is 38.1 Å². The Hall–Kier alpha value is -1.31. The van der Waals surface area contributed by atoms with Crippen LogP contribution < -0.4 is 15.8 Å². The SMILES string of the molecule is CNS(=O)(=O)c1cc(N)ccc1NCCCCO. The second-order valence-corrected chi connectivity index (χ2v) is 5.68. The maximum atomic E-state index is 11.8. The fourth-order valence-corrected chi connectivity index (χ4v) is 2.42. The predicted molar refractivity (Wildman–Crippen MR) is 71.9 cm³/mol. The molecule has 1 aromatic carbocycles. The van der Waals surface area contributed by atoms with Crippen molar-refractivity contribution in [1.29, 1.82) is 0 Å². The molecule has 0 bridgehead atoms. The van der Waals surface area contributed by atoms with E-state index in [2.05, 4.69) is 10.0 Å². The highest BCUT2D eigenvalue weighted by Gasteiger charge is 2.16. The van der Waals surface area contributed by atoms with E-state index in [1.807, 2.05) is 0 Å². The minimum atomic E-state index is -3.54. The first kappa shape index (κ1) is 14.7. The largest absolute Gasteiger partial charge is 0.399 e. The van der Waals surface area contributed by atoms with Crippen molar-refractivity contribution in [3.8, 4) is 0 Å². The molecule has 0 unspecified atom stereocenters. The van der Waals surface area contributed by atoms with E-state index < -0.39 is 10.0 Å². The van der Waals surface area contributed by atoms with Gasteiger partial charge in [-0.25, -0.2) is 13.1 Å².